The topological polar surface area (TPSA) is 63.6 Å². The summed E-state index contributed by atoms with van der Waals surface area (Å²) in [6, 6.07) is 6.16. The number of carboxylic acid groups (broad SMARTS) is 1. The summed E-state index contributed by atoms with van der Waals surface area (Å²) in [5.41, 5.74) is 0.107. The van der Waals surface area contributed by atoms with E-state index in [1.165, 1.54) is 12.1 Å². The molecule has 0 unspecified atom stereocenters. The molecule has 1 aromatic rings. The number of rotatable bonds is 3. The maximum Gasteiger partial charge on any atom is 0.339 e. The Hall–Kier alpha value is -2.10. The Morgan fingerprint density at radius 1 is 1.10 bits per heavy atom. The minimum Gasteiger partial charge on any atom is -0.478 e. The van der Waals surface area contributed by atoms with Crippen molar-refractivity contribution in [2.45, 2.75) is 25.4 Å². The molecule has 1 saturated carbocycles. The van der Waals surface area contributed by atoms with Gasteiger partial charge in [-0.3, -0.25) is 0 Å². The second-order valence-corrected chi connectivity index (χ2v) is 5.44. The molecule has 2 bridgehead atoms. The Balaban J connectivity index is 1.78. The van der Waals surface area contributed by atoms with Gasteiger partial charge in [-0.25, -0.2) is 9.59 Å². The SMILES string of the molecule is O=C(O)c1ccccc1C(=O)O[C@H]1C=C[C@@H]2CC[C@@H]1C2. The third kappa shape index (κ3) is 2.33. The number of carbonyl (C=O) groups is 2. The second-order valence-electron chi connectivity index (χ2n) is 5.44. The van der Waals surface area contributed by atoms with Crippen LogP contribution in [0.2, 0.25) is 0 Å². The number of ether oxygens (including phenoxy) is 1. The molecular formula is C16H16O4. The van der Waals surface area contributed by atoms with Crippen molar-refractivity contribution >= 4 is 11.9 Å². The van der Waals surface area contributed by atoms with Crippen molar-refractivity contribution < 1.29 is 19.4 Å². The highest BCUT2D eigenvalue weighted by Gasteiger charge is 2.34. The smallest absolute Gasteiger partial charge is 0.339 e. The average molecular weight is 272 g/mol. The van der Waals surface area contributed by atoms with E-state index in [-0.39, 0.29) is 17.2 Å². The van der Waals surface area contributed by atoms with Crippen molar-refractivity contribution in [2.24, 2.45) is 11.8 Å². The molecule has 0 aliphatic heterocycles. The van der Waals surface area contributed by atoms with Gasteiger partial charge in [0.15, 0.2) is 0 Å². The van der Waals surface area contributed by atoms with Crippen LogP contribution in [0.25, 0.3) is 0 Å². The first kappa shape index (κ1) is 12.9. The highest BCUT2D eigenvalue weighted by molar-refractivity contribution is 6.02. The van der Waals surface area contributed by atoms with E-state index in [4.69, 9.17) is 9.84 Å². The summed E-state index contributed by atoms with van der Waals surface area (Å²) in [7, 11) is 0. The lowest BCUT2D eigenvalue weighted by Crippen LogP contribution is -2.26. The third-order valence-corrected chi connectivity index (χ3v) is 4.17. The number of hydrogen-bond donors (Lipinski definition) is 1. The molecule has 0 aromatic heterocycles. The molecule has 0 amide bonds. The number of hydrogen-bond acceptors (Lipinski definition) is 3. The molecule has 1 N–H and O–H groups in total. The van der Waals surface area contributed by atoms with Gasteiger partial charge in [0.2, 0.25) is 0 Å². The standard InChI is InChI=1S/C16H16O4/c17-15(18)12-3-1-2-4-13(12)16(19)20-14-8-6-10-5-7-11(14)9-10/h1-4,6,8,10-11,14H,5,7,9H2,(H,17,18)/t10-,11+,14-/m0/s1. The molecule has 1 aromatic carbocycles. The molecule has 3 atom stereocenters. The lowest BCUT2D eigenvalue weighted by atomic mass is 9.93. The van der Waals surface area contributed by atoms with E-state index in [0.717, 1.165) is 19.3 Å². The van der Waals surface area contributed by atoms with Gasteiger partial charge in [0.25, 0.3) is 0 Å². The average Bonchev–Trinajstić information content (AvgIpc) is 2.84. The van der Waals surface area contributed by atoms with Crippen molar-refractivity contribution in [3.05, 3.63) is 47.5 Å². The molecule has 4 heteroatoms. The predicted octanol–water partition coefficient (Wildman–Crippen LogP) is 2.90. The van der Waals surface area contributed by atoms with Crippen LogP contribution in [-0.4, -0.2) is 23.1 Å². The van der Waals surface area contributed by atoms with E-state index in [1.807, 2.05) is 6.08 Å². The molecule has 4 nitrogen and oxygen atoms in total. The van der Waals surface area contributed by atoms with E-state index >= 15 is 0 Å². The van der Waals surface area contributed by atoms with Gasteiger partial charge in [-0.15, -0.1) is 0 Å². The number of aromatic carboxylic acids is 1. The normalized spacial score (nSPS) is 27.3. The summed E-state index contributed by atoms with van der Waals surface area (Å²) < 4.78 is 5.51. The maximum atomic E-state index is 12.2. The predicted molar refractivity (Wildman–Crippen MR) is 72.6 cm³/mol. The van der Waals surface area contributed by atoms with E-state index in [1.54, 1.807) is 12.1 Å². The first-order valence-corrected chi connectivity index (χ1v) is 6.87. The quantitative estimate of drug-likeness (QED) is 0.678. The van der Waals surface area contributed by atoms with Crippen LogP contribution in [0, 0.1) is 11.8 Å². The Morgan fingerprint density at radius 3 is 2.60 bits per heavy atom. The van der Waals surface area contributed by atoms with Crippen LogP contribution in [0.4, 0.5) is 0 Å². The first-order valence-electron chi connectivity index (χ1n) is 6.87. The molecule has 104 valence electrons. The van der Waals surface area contributed by atoms with E-state index in [2.05, 4.69) is 6.08 Å². The van der Waals surface area contributed by atoms with Gasteiger partial charge in [0.1, 0.15) is 6.10 Å². The summed E-state index contributed by atoms with van der Waals surface area (Å²) in [6.45, 7) is 0. The van der Waals surface area contributed by atoms with Crippen LogP contribution in [0.5, 0.6) is 0 Å². The summed E-state index contributed by atoms with van der Waals surface area (Å²) in [6.07, 6.45) is 7.13. The van der Waals surface area contributed by atoms with E-state index in [0.29, 0.717) is 11.8 Å². The highest BCUT2D eigenvalue weighted by atomic mass is 16.5. The maximum absolute atomic E-state index is 12.2. The molecule has 1 fully saturated rings. The van der Waals surface area contributed by atoms with Gasteiger partial charge >= 0.3 is 11.9 Å². The lowest BCUT2D eigenvalue weighted by Gasteiger charge is -2.24. The fourth-order valence-corrected chi connectivity index (χ4v) is 3.12. The first-order chi connectivity index (χ1) is 9.65. The largest absolute Gasteiger partial charge is 0.478 e. The van der Waals surface area contributed by atoms with Crippen molar-refractivity contribution in [2.75, 3.05) is 0 Å². The van der Waals surface area contributed by atoms with Crippen LogP contribution < -0.4 is 0 Å². The minimum atomic E-state index is -1.11. The molecule has 0 spiro atoms. The third-order valence-electron chi connectivity index (χ3n) is 4.17. The lowest BCUT2D eigenvalue weighted by molar-refractivity contribution is 0.0262. The Bertz CT molecular complexity index is 576. The summed E-state index contributed by atoms with van der Waals surface area (Å²) in [5.74, 6) is -0.659. The minimum absolute atomic E-state index is 0.0124. The molecule has 0 radical (unpaired) electrons. The zero-order valence-electron chi connectivity index (χ0n) is 11.0. The van der Waals surface area contributed by atoms with Crippen molar-refractivity contribution in [3.63, 3.8) is 0 Å². The molecule has 0 saturated heterocycles. The highest BCUT2D eigenvalue weighted by Crippen LogP contribution is 2.39. The zero-order valence-corrected chi connectivity index (χ0v) is 11.0. The number of esters is 1. The van der Waals surface area contributed by atoms with Gasteiger partial charge in [-0.2, -0.15) is 0 Å². The number of carboxylic acids is 1. The Morgan fingerprint density at radius 2 is 1.85 bits per heavy atom. The molecule has 3 rings (SSSR count). The van der Waals surface area contributed by atoms with Crippen molar-refractivity contribution in [1.82, 2.24) is 0 Å². The number of carbonyl (C=O) groups excluding carboxylic acids is 1. The van der Waals surface area contributed by atoms with Gasteiger partial charge in [0, 0.05) is 5.92 Å². The number of allylic oxidation sites excluding steroid dienone is 1. The number of fused-ring (bicyclic) bond motifs is 2. The van der Waals surface area contributed by atoms with Gasteiger partial charge < -0.3 is 9.84 Å². The summed E-state index contributed by atoms with van der Waals surface area (Å²) >= 11 is 0. The monoisotopic (exact) mass is 272 g/mol. The van der Waals surface area contributed by atoms with Crippen LogP contribution in [0.15, 0.2) is 36.4 Å². The molecule has 2 aliphatic carbocycles. The van der Waals surface area contributed by atoms with Crippen LogP contribution in [0.3, 0.4) is 0 Å². The molecule has 20 heavy (non-hydrogen) atoms. The second kappa shape index (κ2) is 5.12. The van der Waals surface area contributed by atoms with Crippen LogP contribution >= 0.6 is 0 Å². The molecule has 0 heterocycles. The number of benzene rings is 1. The van der Waals surface area contributed by atoms with E-state index < -0.39 is 11.9 Å². The van der Waals surface area contributed by atoms with Crippen molar-refractivity contribution in [3.8, 4) is 0 Å². The van der Waals surface area contributed by atoms with Crippen LogP contribution in [0.1, 0.15) is 40.0 Å². The fourth-order valence-electron chi connectivity index (χ4n) is 3.12. The fraction of sp³-hybridized carbons (Fsp3) is 0.375. The summed E-state index contributed by atoms with van der Waals surface area (Å²) in [4.78, 5) is 23.3. The Labute approximate surface area is 117 Å². The Kier molecular flexibility index (Phi) is 3.30. The summed E-state index contributed by atoms with van der Waals surface area (Å²) in [5, 5.41) is 9.10. The van der Waals surface area contributed by atoms with Gasteiger partial charge in [-0.05, 0) is 43.4 Å². The van der Waals surface area contributed by atoms with Crippen LogP contribution in [-0.2, 0) is 4.74 Å². The van der Waals surface area contributed by atoms with E-state index in [9.17, 15) is 9.59 Å². The molecular weight excluding hydrogens is 256 g/mol. The molecule has 2 aliphatic rings. The van der Waals surface area contributed by atoms with Gasteiger partial charge in [-0.1, -0.05) is 18.2 Å². The van der Waals surface area contributed by atoms with Gasteiger partial charge in [0.05, 0.1) is 11.1 Å². The van der Waals surface area contributed by atoms with Crippen molar-refractivity contribution in [1.29, 1.82) is 0 Å². The zero-order chi connectivity index (χ0) is 14.1.